The number of carbonyl (C=O) groups is 2. The topological polar surface area (TPSA) is 149 Å². The van der Waals surface area contributed by atoms with Crippen LogP contribution in [0.25, 0.3) is 0 Å². The van der Waals surface area contributed by atoms with Crippen LogP contribution in [0, 0.1) is 0 Å². The van der Waals surface area contributed by atoms with E-state index in [1.165, 1.54) is 38.5 Å². The van der Waals surface area contributed by atoms with Gasteiger partial charge in [-0.1, -0.05) is 155 Å². The van der Waals surface area contributed by atoms with Crippen molar-refractivity contribution in [2.45, 2.75) is 154 Å². The second-order valence-corrected chi connectivity index (χ2v) is 15.4. The average Bonchev–Trinajstić information content (AvgIpc) is 3.22. The molecular formula is C48H77O10P. The summed E-state index contributed by atoms with van der Waals surface area (Å²) in [5.74, 6) is -1.09. The third-order valence-electron chi connectivity index (χ3n) is 8.42. The molecule has 3 N–H and O–H groups in total. The molecule has 0 aromatic rings. The van der Waals surface area contributed by atoms with Gasteiger partial charge in [0.25, 0.3) is 0 Å². The van der Waals surface area contributed by atoms with Crippen LogP contribution >= 0.6 is 7.82 Å². The molecule has 2 unspecified atom stereocenters. The lowest BCUT2D eigenvalue weighted by molar-refractivity contribution is -0.161. The molecule has 0 amide bonds. The maximum absolute atomic E-state index is 12.6. The summed E-state index contributed by atoms with van der Waals surface area (Å²) < 4.78 is 32.5. The molecule has 0 aliphatic carbocycles. The molecule has 0 saturated heterocycles. The summed E-state index contributed by atoms with van der Waals surface area (Å²) in [5.41, 5.74) is 0. The fraction of sp³-hybridized carbons (Fsp3) is 0.583. The molecule has 0 bridgehead atoms. The van der Waals surface area contributed by atoms with Gasteiger partial charge in [0.2, 0.25) is 0 Å². The van der Waals surface area contributed by atoms with Gasteiger partial charge in [-0.3, -0.25) is 18.6 Å². The van der Waals surface area contributed by atoms with E-state index in [2.05, 4.69) is 103 Å². The number of hydrogen-bond acceptors (Lipinski definition) is 9. The molecule has 10 nitrogen and oxygen atoms in total. The average molecular weight is 845 g/mol. The number of rotatable bonds is 39. The minimum atomic E-state index is -4.65. The van der Waals surface area contributed by atoms with Gasteiger partial charge in [-0.25, -0.2) is 4.57 Å². The molecule has 0 saturated carbocycles. The zero-order valence-corrected chi connectivity index (χ0v) is 37.1. The van der Waals surface area contributed by atoms with Gasteiger partial charge >= 0.3 is 19.8 Å². The maximum atomic E-state index is 12.6. The molecule has 0 aliphatic rings. The molecule has 0 aromatic carbocycles. The van der Waals surface area contributed by atoms with Crippen LogP contribution in [0.2, 0.25) is 0 Å². The van der Waals surface area contributed by atoms with Gasteiger partial charge in [-0.2, -0.15) is 0 Å². The minimum absolute atomic E-state index is 0.0588. The maximum Gasteiger partial charge on any atom is 0.472 e. The number of carbonyl (C=O) groups excluding carboxylic acids is 2. The molecule has 0 aliphatic heterocycles. The zero-order chi connectivity index (χ0) is 43.3. The first-order valence-electron chi connectivity index (χ1n) is 21.8. The number of phosphoric acid groups is 1. The van der Waals surface area contributed by atoms with Crippen LogP contribution < -0.4 is 0 Å². The van der Waals surface area contributed by atoms with E-state index >= 15 is 0 Å². The Labute approximate surface area is 356 Å². The van der Waals surface area contributed by atoms with E-state index in [4.69, 9.17) is 19.1 Å². The lowest BCUT2D eigenvalue weighted by Gasteiger charge is -2.20. The SMILES string of the molecule is CC/C=C/C/C=C/C/C=C/C/C=C/C/C=C/C/C=C/C/C=C/CCCC(=O)OCC(COP(=O)(O)OC[C@H](O)CO)OC(=O)CC/C=C/C/C=C/CCCCCCCC. The Balaban J connectivity index is 4.45. The highest BCUT2D eigenvalue weighted by molar-refractivity contribution is 7.47. The normalized spacial score (nSPS) is 14.9. The third-order valence-corrected chi connectivity index (χ3v) is 9.38. The molecule has 0 radical (unpaired) electrons. The summed E-state index contributed by atoms with van der Waals surface area (Å²) in [7, 11) is -4.65. The van der Waals surface area contributed by atoms with Gasteiger partial charge in [-0.15, -0.1) is 0 Å². The lowest BCUT2D eigenvalue weighted by Crippen LogP contribution is -2.29. The Morgan fingerprint density at radius 1 is 0.525 bits per heavy atom. The summed E-state index contributed by atoms with van der Waals surface area (Å²) >= 11 is 0. The summed E-state index contributed by atoms with van der Waals surface area (Å²) in [6.45, 7) is 2.09. The van der Waals surface area contributed by atoms with Crippen LogP contribution in [-0.2, 0) is 32.7 Å². The van der Waals surface area contributed by atoms with E-state index in [1.54, 1.807) is 0 Å². The first-order valence-corrected chi connectivity index (χ1v) is 23.3. The van der Waals surface area contributed by atoms with Crippen LogP contribution in [0.1, 0.15) is 142 Å². The monoisotopic (exact) mass is 845 g/mol. The van der Waals surface area contributed by atoms with Gasteiger partial charge in [0.05, 0.1) is 19.8 Å². The zero-order valence-electron chi connectivity index (χ0n) is 36.2. The second kappa shape index (κ2) is 42.7. The van der Waals surface area contributed by atoms with Gasteiger partial charge < -0.3 is 24.6 Å². The van der Waals surface area contributed by atoms with E-state index in [0.29, 0.717) is 19.3 Å². The molecule has 3 atom stereocenters. The molecule has 59 heavy (non-hydrogen) atoms. The van der Waals surface area contributed by atoms with Crippen LogP contribution in [0.15, 0.2) is 109 Å². The predicted molar refractivity (Wildman–Crippen MR) is 242 cm³/mol. The Hall–Kier alpha value is -3.37. The highest BCUT2D eigenvalue weighted by atomic mass is 31.2. The number of allylic oxidation sites excluding steroid dienone is 18. The number of aliphatic hydroxyl groups excluding tert-OH is 2. The van der Waals surface area contributed by atoms with Crippen molar-refractivity contribution in [3.05, 3.63) is 109 Å². The molecule has 0 spiro atoms. The van der Waals surface area contributed by atoms with E-state index in [1.807, 2.05) is 24.3 Å². The van der Waals surface area contributed by atoms with Gasteiger partial charge in [0.1, 0.15) is 12.7 Å². The Bertz CT molecular complexity index is 1340. The van der Waals surface area contributed by atoms with Crippen molar-refractivity contribution in [3.8, 4) is 0 Å². The highest BCUT2D eigenvalue weighted by Crippen LogP contribution is 2.43. The number of aliphatic hydroxyl groups is 2. The van der Waals surface area contributed by atoms with Crippen LogP contribution in [-0.4, -0.2) is 65.7 Å². The van der Waals surface area contributed by atoms with E-state index < -0.39 is 51.8 Å². The first-order chi connectivity index (χ1) is 28.7. The standard InChI is InChI=1S/C48H77O10P/c1-3-5-7-9-11-13-15-17-18-19-20-21-22-23-24-25-26-28-29-31-33-35-37-39-47(51)55-43-46(44-57-59(53,54)56-42-45(50)41-49)58-48(52)40-38-36-34-32-30-27-16-14-12-10-8-6-4-2/h5,7,11,13,17-18,20-21,23-24,26-28,30-31,33-34,36,45-46,49-50H,3-4,6,8-10,12,14-16,19,22,25,29,32,35,37-44H2,1-2H3,(H,53,54)/b7-5+,13-11+,18-17+,21-20+,24-23+,28-26+,30-27+,33-31+,36-34+/t45-,46?/m1/s1. The molecule has 11 heteroatoms. The summed E-state index contributed by atoms with van der Waals surface area (Å²) in [6, 6.07) is 0. The number of phosphoric ester groups is 1. The molecule has 0 rings (SSSR count). The van der Waals surface area contributed by atoms with E-state index in [-0.39, 0.29) is 19.4 Å². The second-order valence-electron chi connectivity index (χ2n) is 14.0. The van der Waals surface area contributed by atoms with Crippen molar-refractivity contribution in [3.63, 3.8) is 0 Å². The number of esters is 2. The fourth-order valence-corrected chi connectivity index (χ4v) is 5.88. The van der Waals surface area contributed by atoms with E-state index in [0.717, 1.165) is 57.8 Å². The largest absolute Gasteiger partial charge is 0.472 e. The van der Waals surface area contributed by atoms with Crippen LogP contribution in [0.3, 0.4) is 0 Å². The van der Waals surface area contributed by atoms with Crippen molar-refractivity contribution in [1.82, 2.24) is 0 Å². The molecule has 0 fully saturated rings. The van der Waals surface area contributed by atoms with E-state index in [9.17, 15) is 24.2 Å². The lowest BCUT2D eigenvalue weighted by atomic mass is 10.1. The Morgan fingerprint density at radius 3 is 1.47 bits per heavy atom. The van der Waals surface area contributed by atoms with Gasteiger partial charge in [0, 0.05) is 12.8 Å². The van der Waals surface area contributed by atoms with Crippen molar-refractivity contribution in [2.75, 3.05) is 26.4 Å². The van der Waals surface area contributed by atoms with Gasteiger partial charge in [0.15, 0.2) is 6.10 Å². The molecule has 0 aromatic heterocycles. The predicted octanol–water partition coefficient (Wildman–Crippen LogP) is 11.8. The first kappa shape index (κ1) is 55.6. The van der Waals surface area contributed by atoms with Crippen molar-refractivity contribution < 1.29 is 47.8 Å². The quantitative estimate of drug-likeness (QED) is 0.0236. The minimum Gasteiger partial charge on any atom is -0.462 e. The summed E-state index contributed by atoms with van der Waals surface area (Å²) in [4.78, 5) is 34.9. The van der Waals surface area contributed by atoms with Crippen LogP contribution in [0.4, 0.5) is 0 Å². The number of ether oxygens (including phenoxy) is 2. The summed E-state index contributed by atoms with van der Waals surface area (Å²) in [6.07, 6.45) is 53.7. The van der Waals surface area contributed by atoms with Crippen molar-refractivity contribution in [1.29, 1.82) is 0 Å². The van der Waals surface area contributed by atoms with Crippen LogP contribution in [0.5, 0.6) is 0 Å². The fourth-order valence-electron chi connectivity index (χ4n) is 5.09. The highest BCUT2D eigenvalue weighted by Gasteiger charge is 2.27. The summed E-state index contributed by atoms with van der Waals surface area (Å²) in [5, 5.41) is 18.3. The third kappa shape index (κ3) is 42.6. The Morgan fingerprint density at radius 2 is 0.966 bits per heavy atom. The van der Waals surface area contributed by atoms with Crippen molar-refractivity contribution >= 4 is 19.8 Å². The van der Waals surface area contributed by atoms with Crippen molar-refractivity contribution in [2.24, 2.45) is 0 Å². The number of hydrogen-bond donors (Lipinski definition) is 3. The smallest absolute Gasteiger partial charge is 0.462 e. The Kier molecular flexibility index (Phi) is 40.3. The number of unbranched alkanes of at least 4 members (excludes halogenated alkanes) is 7. The molecule has 0 heterocycles. The molecule has 334 valence electrons. The van der Waals surface area contributed by atoms with Gasteiger partial charge in [-0.05, 0) is 83.5 Å². The molecular weight excluding hydrogens is 767 g/mol.